The van der Waals surface area contributed by atoms with Gasteiger partial charge in [-0.3, -0.25) is 0 Å². The summed E-state index contributed by atoms with van der Waals surface area (Å²) in [7, 11) is 0. The molecule has 0 aromatic heterocycles. The second-order valence-corrected chi connectivity index (χ2v) is 19.8. The normalized spacial score (nSPS) is 11.1. The lowest BCUT2D eigenvalue weighted by molar-refractivity contribution is 1.27. The zero-order chi connectivity index (χ0) is 53.2. The highest BCUT2D eigenvalue weighted by Crippen LogP contribution is 2.36. The van der Waals surface area contributed by atoms with Crippen molar-refractivity contribution in [2.45, 2.75) is 55.4 Å². The summed E-state index contributed by atoms with van der Waals surface area (Å²) < 4.78 is 0. The van der Waals surface area contributed by atoms with Gasteiger partial charge in [0.2, 0.25) is 0 Å². The van der Waals surface area contributed by atoms with Crippen LogP contribution in [0, 0.1) is 48.5 Å². The maximum Gasteiger partial charge on any atom is 0.0462 e. The maximum absolute atomic E-state index is 2.30. The van der Waals surface area contributed by atoms with Gasteiger partial charge >= 0.3 is 0 Å². The molecule has 0 heterocycles. The Hall–Kier alpha value is -8.98. The third-order valence-electron chi connectivity index (χ3n) is 13.3. The van der Waals surface area contributed by atoms with Crippen LogP contribution in [0.2, 0.25) is 0 Å². The van der Waals surface area contributed by atoms with Crippen molar-refractivity contribution in [3.63, 3.8) is 0 Å². The Kier molecular flexibility index (Phi) is 18.4. The van der Waals surface area contributed by atoms with Crippen LogP contribution >= 0.6 is 0 Å². The molecular formula is C74H70N2. The molecule has 376 valence electrons. The third kappa shape index (κ3) is 15.5. The monoisotopic (exact) mass is 987 g/mol. The number of benzene rings is 10. The Morgan fingerprint density at radius 2 is 0.447 bits per heavy atom. The Morgan fingerprint density at radius 3 is 0.711 bits per heavy atom. The first-order valence-electron chi connectivity index (χ1n) is 26.3. The van der Waals surface area contributed by atoms with Crippen LogP contribution < -0.4 is 9.80 Å². The molecule has 10 rings (SSSR count). The van der Waals surface area contributed by atoms with Gasteiger partial charge in [0.25, 0.3) is 0 Å². The molecule has 0 aliphatic carbocycles. The molecule has 0 saturated carbocycles. The lowest BCUT2D eigenvalue weighted by atomic mass is 10.0. The number of nitrogens with zero attached hydrogens (tertiary/aromatic N) is 2. The average molecular weight is 987 g/mol. The van der Waals surface area contributed by atoms with E-state index in [9.17, 15) is 0 Å². The van der Waals surface area contributed by atoms with Gasteiger partial charge in [0.15, 0.2) is 0 Å². The minimum absolute atomic E-state index is 1.15. The SMILES string of the molecule is C/C(=C\c1ccccc1)c1ccc(C)cc1.Cc1ccc(/C=C/c2ccc(N(c3ccc(C)cc3)c3ccc(C)cc3)cc2)cc1.Cc1ccc(/C=C/c2ccc(N(c3ccc(C)cc3)c3ccc(C)cc3)cc2)cc1. The van der Waals surface area contributed by atoms with Crippen molar-refractivity contribution in [2.24, 2.45) is 0 Å². The van der Waals surface area contributed by atoms with E-state index in [1.807, 2.05) is 6.07 Å². The maximum atomic E-state index is 2.30. The minimum Gasteiger partial charge on any atom is -0.311 e. The van der Waals surface area contributed by atoms with E-state index in [1.165, 1.54) is 77.9 Å². The Morgan fingerprint density at radius 1 is 0.237 bits per heavy atom. The third-order valence-corrected chi connectivity index (χ3v) is 13.3. The van der Waals surface area contributed by atoms with Crippen LogP contribution in [0.4, 0.5) is 34.1 Å². The van der Waals surface area contributed by atoms with Crippen LogP contribution in [0.3, 0.4) is 0 Å². The van der Waals surface area contributed by atoms with Crippen molar-refractivity contribution < 1.29 is 0 Å². The number of rotatable bonds is 12. The van der Waals surface area contributed by atoms with E-state index in [1.54, 1.807) is 0 Å². The van der Waals surface area contributed by atoms with E-state index in [4.69, 9.17) is 0 Å². The molecule has 0 aliphatic rings. The largest absolute Gasteiger partial charge is 0.311 e. The van der Waals surface area contributed by atoms with Gasteiger partial charge in [0, 0.05) is 34.1 Å². The van der Waals surface area contributed by atoms with Crippen molar-refractivity contribution in [3.8, 4) is 0 Å². The number of aryl methyl sites for hydroxylation is 7. The predicted molar refractivity (Wildman–Crippen MR) is 333 cm³/mol. The van der Waals surface area contributed by atoms with Crippen molar-refractivity contribution in [1.82, 2.24) is 0 Å². The molecule has 0 saturated heterocycles. The first-order chi connectivity index (χ1) is 36.9. The summed E-state index contributed by atoms with van der Waals surface area (Å²) in [6.07, 6.45) is 10.9. The lowest BCUT2D eigenvalue weighted by Gasteiger charge is -2.25. The van der Waals surface area contributed by atoms with E-state index < -0.39 is 0 Å². The molecule has 10 aromatic carbocycles. The zero-order valence-corrected chi connectivity index (χ0v) is 45.5. The highest BCUT2D eigenvalue weighted by Gasteiger charge is 2.14. The first kappa shape index (κ1) is 53.3. The van der Waals surface area contributed by atoms with Gasteiger partial charge in [0.05, 0.1) is 0 Å². The van der Waals surface area contributed by atoms with E-state index in [0.717, 1.165) is 34.1 Å². The standard InChI is InChI=1S/2C29H27N.C16H16/c2*1-22-4-10-25(11-5-22)12-13-26-14-20-29(21-15-26)30(27-16-6-23(2)7-17-27)28-18-8-24(3)9-19-28;1-13-8-10-16(11-9-13)14(2)12-15-6-4-3-5-7-15/h2*4-21H,1-3H3;3-12H,1-2H3/b2*13-12+;14-12+. The number of hydrogen-bond donors (Lipinski definition) is 0. The Labute approximate surface area is 454 Å². The van der Waals surface area contributed by atoms with Gasteiger partial charge in [-0.25, -0.2) is 0 Å². The molecule has 0 fully saturated rings. The summed E-state index contributed by atoms with van der Waals surface area (Å²) in [6, 6.07) is 88.4. The number of anilines is 6. The molecule has 0 bridgehead atoms. The highest BCUT2D eigenvalue weighted by atomic mass is 15.1. The molecule has 0 aliphatic heterocycles. The summed E-state index contributed by atoms with van der Waals surface area (Å²) >= 11 is 0. The number of allylic oxidation sites excluding steroid dienone is 1. The highest BCUT2D eigenvalue weighted by molar-refractivity contribution is 5.81. The van der Waals surface area contributed by atoms with Crippen molar-refractivity contribution in [2.75, 3.05) is 9.80 Å². The number of hydrogen-bond acceptors (Lipinski definition) is 2. The van der Waals surface area contributed by atoms with Gasteiger partial charge in [0.1, 0.15) is 0 Å². The van der Waals surface area contributed by atoms with Gasteiger partial charge in [-0.15, -0.1) is 0 Å². The molecule has 0 unspecified atom stereocenters. The van der Waals surface area contributed by atoms with Crippen LogP contribution in [-0.2, 0) is 0 Å². The Balaban J connectivity index is 0.000000158. The van der Waals surface area contributed by atoms with Gasteiger partial charge in [-0.1, -0.05) is 245 Å². The minimum atomic E-state index is 1.15. The molecule has 0 N–H and O–H groups in total. The first-order valence-corrected chi connectivity index (χ1v) is 26.3. The van der Waals surface area contributed by atoms with E-state index >= 15 is 0 Å². The summed E-state index contributed by atoms with van der Waals surface area (Å²) in [5.74, 6) is 0. The molecule has 0 atom stereocenters. The fourth-order valence-electron chi connectivity index (χ4n) is 8.58. The van der Waals surface area contributed by atoms with Gasteiger partial charge in [-0.05, 0) is 167 Å². The van der Waals surface area contributed by atoms with E-state index in [-0.39, 0.29) is 0 Å². The quantitative estimate of drug-likeness (QED) is 0.113. The molecule has 10 aromatic rings. The second-order valence-electron chi connectivity index (χ2n) is 19.8. The molecule has 2 nitrogen and oxygen atoms in total. The van der Waals surface area contributed by atoms with Crippen LogP contribution in [0.15, 0.2) is 249 Å². The molecule has 0 spiro atoms. The summed E-state index contributed by atoms with van der Waals surface area (Å²) in [5.41, 5.74) is 24.5. The van der Waals surface area contributed by atoms with Crippen LogP contribution in [0.1, 0.15) is 79.2 Å². The van der Waals surface area contributed by atoms with Gasteiger partial charge in [-0.2, -0.15) is 0 Å². The molecular weight excluding hydrogens is 917 g/mol. The fraction of sp³-hybridized carbons (Fsp3) is 0.108. The Bertz CT molecular complexity index is 3160. The van der Waals surface area contributed by atoms with E-state index in [2.05, 4.69) is 338 Å². The summed E-state index contributed by atoms with van der Waals surface area (Å²) in [5, 5.41) is 0. The van der Waals surface area contributed by atoms with Gasteiger partial charge < -0.3 is 9.80 Å². The van der Waals surface area contributed by atoms with Crippen molar-refractivity contribution >= 4 is 70.1 Å². The average Bonchev–Trinajstić information content (AvgIpc) is 3.45. The van der Waals surface area contributed by atoms with Crippen molar-refractivity contribution in [1.29, 1.82) is 0 Å². The fourth-order valence-corrected chi connectivity index (χ4v) is 8.58. The second kappa shape index (κ2) is 26.3. The lowest BCUT2D eigenvalue weighted by Crippen LogP contribution is -2.09. The molecule has 0 amide bonds. The molecule has 76 heavy (non-hydrogen) atoms. The smallest absolute Gasteiger partial charge is 0.0462 e. The summed E-state index contributed by atoms with van der Waals surface area (Å²) in [4.78, 5) is 4.60. The van der Waals surface area contributed by atoms with Crippen LogP contribution in [-0.4, -0.2) is 0 Å². The van der Waals surface area contributed by atoms with Crippen molar-refractivity contribution in [3.05, 3.63) is 321 Å². The van der Waals surface area contributed by atoms with E-state index in [0.29, 0.717) is 0 Å². The topological polar surface area (TPSA) is 6.48 Å². The molecule has 2 heteroatoms. The predicted octanol–water partition coefficient (Wildman–Crippen LogP) is 21.1. The summed E-state index contributed by atoms with van der Waals surface area (Å²) in [6.45, 7) is 17.0. The van der Waals surface area contributed by atoms with Crippen LogP contribution in [0.5, 0.6) is 0 Å². The zero-order valence-electron chi connectivity index (χ0n) is 45.5. The van der Waals surface area contributed by atoms with Crippen LogP contribution in [0.25, 0.3) is 36.0 Å². The molecule has 0 radical (unpaired) electrons.